The monoisotopic (exact) mass is 549 g/mol. The average Bonchev–Trinajstić information content (AvgIpc) is 3.40. The predicted octanol–water partition coefficient (Wildman–Crippen LogP) is 5.93. The van der Waals surface area contributed by atoms with Crippen molar-refractivity contribution in [3.8, 4) is 11.1 Å². The number of piperidine rings is 1. The van der Waals surface area contributed by atoms with Crippen LogP contribution in [0.1, 0.15) is 56.9 Å². The molecule has 6 nitrogen and oxygen atoms in total. The van der Waals surface area contributed by atoms with Gasteiger partial charge in [-0.2, -0.15) is 0 Å². The largest absolute Gasteiger partial charge is 0.385 e. The van der Waals surface area contributed by atoms with Gasteiger partial charge in [-0.15, -0.1) is 0 Å². The number of aromatic nitrogens is 1. The molecule has 3 N–H and O–H groups in total. The van der Waals surface area contributed by atoms with Crippen LogP contribution in [0.15, 0.2) is 54.7 Å². The summed E-state index contributed by atoms with van der Waals surface area (Å²) in [5, 5.41) is 14.3. The highest BCUT2D eigenvalue weighted by Gasteiger charge is 2.44. The van der Waals surface area contributed by atoms with E-state index < -0.39 is 5.60 Å². The SMILES string of the molecule is COCCCC[C@@](O)(c1cccc(Cl)c1-c1cnc2ccccc2c1)[C@H]1CCCN(C(=O)C2CCC(N)C2)C1. The zero-order chi connectivity index (χ0) is 27.4. The molecule has 0 radical (unpaired) electrons. The molecule has 2 heterocycles. The fourth-order valence-corrected chi connectivity index (χ4v) is 6.94. The first kappa shape index (κ1) is 28.0. The van der Waals surface area contributed by atoms with Gasteiger partial charge in [0.1, 0.15) is 0 Å². The summed E-state index contributed by atoms with van der Waals surface area (Å²) in [6.07, 6.45) is 8.28. The standard InChI is InChI=1S/C32H40ClN3O3/c1-39-17-5-4-15-32(38,25-9-7-16-36(21-25)31(37)23-13-14-26(34)19-23)27-10-6-11-28(33)30(27)24-18-22-8-2-3-12-29(22)35-20-24/h2-3,6,8,10-12,18,20,23,25-26,38H,4-5,7,9,13-17,19,21,34H2,1H3/t23?,25-,26?,32-/m0/s1. The quantitative estimate of drug-likeness (QED) is 0.323. The van der Waals surface area contributed by atoms with Crippen LogP contribution in [-0.4, -0.2) is 53.7 Å². The minimum Gasteiger partial charge on any atom is -0.385 e. The number of nitrogens with two attached hydrogens (primary N) is 1. The van der Waals surface area contributed by atoms with Crippen molar-refractivity contribution in [2.45, 2.75) is 63.0 Å². The Morgan fingerprint density at radius 2 is 2.03 bits per heavy atom. The molecular formula is C32H40ClN3O3. The molecular weight excluding hydrogens is 510 g/mol. The average molecular weight is 550 g/mol. The topological polar surface area (TPSA) is 88.7 Å². The number of hydrogen-bond acceptors (Lipinski definition) is 5. The number of pyridine rings is 1. The summed E-state index contributed by atoms with van der Waals surface area (Å²) in [5.74, 6) is 0.0804. The maximum atomic E-state index is 13.5. The van der Waals surface area contributed by atoms with E-state index in [-0.39, 0.29) is 23.8 Å². The van der Waals surface area contributed by atoms with E-state index in [1.165, 1.54) is 0 Å². The molecule has 1 saturated heterocycles. The summed E-state index contributed by atoms with van der Waals surface area (Å²) in [5.41, 5.74) is 8.39. The molecule has 0 spiro atoms. The number of para-hydroxylation sites is 1. The minimum absolute atomic E-state index is 0.000972. The molecule has 7 heteroatoms. The first-order chi connectivity index (χ1) is 18.9. The van der Waals surface area contributed by atoms with Gasteiger partial charge in [0.2, 0.25) is 5.91 Å². The second-order valence-corrected chi connectivity index (χ2v) is 11.8. The van der Waals surface area contributed by atoms with Crippen molar-refractivity contribution in [3.63, 3.8) is 0 Å². The Kier molecular flexibility index (Phi) is 8.87. The Bertz CT molecular complexity index is 1300. The van der Waals surface area contributed by atoms with Gasteiger partial charge in [-0.3, -0.25) is 9.78 Å². The molecule has 0 bridgehead atoms. The molecule has 4 atom stereocenters. The highest BCUT2D eigenvalue weighted by Crippen LogP contribution is 2.46. The summed E-state index contributed by atoms with van der Waals surface area (Å²) in [6.45, 7) is 1.91. The summed E-state index contributed by atoms with van der Waals surface area (Å²) in [6, 6.07) is 16.0. The van der Waals surface area contributed by atoms with E-state index in [9.17, 15) is 9.90 Å². The minimum atomic E-state index is -1.16. The Labute approximate surface area is 236 Å². The summed E-state index contributed by atoms with van der Waals surface area (Å²) in [4.78, 5) is 20.1. The van der Waals surface area contributed by atoms with Gasteiger partial charge in [0.05, 0.1) is 11.1 Å². The van der Waals surface area contributed by atoms with Gasteiger partial charge in [0.25, 0.3) is 0 Å². The molecule has 39 heavy (non-hydrogen) atoms. The van der Waals surface area contributed by atoms with Crippen molar-refractivity contribution in [1.29, 1.82) is 0 Å². The zero-order valence-electron chi connectivity index (χ0n) is 22.8. The number of aliphatic hydroxyl groups is 1. The van der Waals surface area contributed by atoms with Crippen molar-refractivity contribution in [2.75, 3.05) is 26.8 Å². The highest BCUT2D eigenvalue weighted by atomic mass is 35.5. The fraction of sp³-hybridized carbons (Fsp3) is 0.500. The van der Waals surface area contributed by atoms with Gasteiger partial charge in [-0.05, 0) is 75.1 Å². The van der Waals surface area contributed by atoms with Crippen molar-refractivity contribution in [3.05, 3.63) is 65.3 Å². The maximum absolute atomic E-state index is 13.5. The second-order valence-electron chi connectivity index (χ2n) is 11.3. The zero-order valence-corrected chi connectivity index (χ0v) is 23.6. The van der Waals surface area contributed by atoms with Gasteiger partial charge in [0, 0.05) is 72.4 Å². The smallest absolute Gasteiger partial charge is 0.225 e. The Morgan fingerprint density at radius 1 is 1.18 bits per heavy atom. The van der Waals surface area contributed by atoms with Crippen LogP contribution in [0.3, 0.4) is 0 Å². The van der Waals surface area contributed by atoms with E-state index in [1.807, 2.05) is 53.6 Å². The number of nitrogens with zero attached hydrogens (tertiary/aromatic N) is 2. The number of benzene rings is 2. The number of carbonyl (C=O) groups excluding carboxylic acids is 1. The van der Waals surface area contributed by atoms with E-state index >= 15 is 0 Å². The normalized spacial score (nSPS) is 23.2. The maximum Gasteiger partial charge on any atom is 0.225 e. The lowest BCUT2D eigenvalue weighted by Gasteiger charge is -2.44. The highest BCUT2D eigenvalue weighted by molar-refractivity contribution is 6.33. The van der Waals surface area contributed by atoms with Crippen LogP contribution >= 0.6 is 11.6 Å². The van der Waals surface area contributed by atoms with Gasteiger partial charge in [-0.25, -0.2) is 0 Å². The third-order valence-corrected chi connectivity index (χ3v) is 9.06. The lowest BCUT2D eigenvalue weighted by Crippen LogP contribution is -2.49. The summed E-state index contributed by atoms with van der Waals surface area (Å²) >= 11 is 6.89. The van der Waals surface area contributed by atoms with Crippen LogP contribution in [0.5, 0.6) is 0 Å². The van der Waals surface area contributed by atoms with Crippen LogP contribution in [-0.2, 0) is 15.1 Å². The van der Waals surface area contributed by atoms with Crippen LogP contribution in [0, 0.1) is 11.8 Å². The van der Waals surface area contributed by atoms with Crippen LogP contribution in [0.25, 0.3) is 22.0 Å². The molecule has 2 fully saturated rings. The van der Waals surface area contributed by atoms with Crippen molar-refractivity contribution >= 4 is 28.4 Å². The van der Waals surface area contributed by atoms with Gasteiger partial charge >= 0.3 is 0 Å². The molecule has 1 aliphatic heterocycles. The number of fused-ring (bicyclic) bond motifs is 1. The lowest BCUT2D eigenvalue weighted by atomic mass is 9.72. The van der Waals surface area contributed by atoms with Gasteiger partial charge < -0.3 is 20.5 Å². The molecule has 2 aliphatic rings. The van der Waals surface area contributed by atoms with Crippen molar-refractivity contribution < 1.29 is 14.6 Å². The van der Waals surface area contributed by atoms with Crippen LogP contribution in [0.2, 0.25) is 5.02 Å². The molecule has 2 unspecified atom stereocenters. The van der Waals surface area contributed by atoms with E-state index in [4.69, 9.17) is 22.1 Å². The Morgan fingerprint density at radius 3 is 2.82 bits per heavy atom. The third-order valence-electron chi connectivity index (χ3n) is 8.75. The number of rotatable bonds is 9. The van der Waals surface area contributed by atoms with Crippen LogP contribution < -0.4 is 5.73 Å². The molecule has 1 amide bonds. The molecule has 5 rings (SSSR count). The van der Waals surface area contributed by atoms with Crippen molar-refractivity contribution in [1.82, 2.24) is 9.88 Å². The predicted molar refractivity (Wildman–Crippen MR) is 156 cm³/mol. The number of unbranched alkanes of at least 4 members (excludes halogenated alkanes) is 1. The number of carbonyl (C=O) groups is 1. The Hall–Kier alpha value is -2.51. The molecule has 208 valence electrons. The third kappa shape index (κ3) is 5.99. The number of amides is 1. The van der Waals surface area contributed by atoms with E-state index in [2.05, 4.69) is 11.1 Å². The fourth-order valence-electron chi connectivity index (χ4n) is 6.65. The number of ether oxygens (including phenoxy) is 1. The molecule has 3 aromatic rings. The van der Waals surface area contributed by atoms with E-state index in [0.717, 1.165) is 79.1 Å². The lowest BCUT2D eigenvalue weighted by molar-refractivity contribution is -0.140. The van der Waals surface area contributed by atoms with Crippen LogP contribution in [0.4, 0.5) is 0 Å². The van der Waals surface area contributed by atoms with E-state index in [0.29, 0.717) is 24.6 Å². The Balaban J connectivity index is 1.52. The number of methoxy groups -OCH3 is 1. The number of halogens is 1. The number of hydrogen-bond donors (Lipinski definition) is 2. The van der Waals surface area contributed by atoms with Crippen molar-refractivity contribution in [2.24, 2.45) is 17.6 Å². The molecule has 1 aliphatic carbocycles. The molecule has 1 saturated carbocycles. The molecule has 1 aromatic heterocycles. The van der Waals surface area contributed by atoms with Gasteiger partial charge in [0.15, 0.2) is 0 Å². The first-order valence-corrected chi connectivity index (χ1v) is 14.7. The first-order valence-electron chi connectivity index (χ1n) is 14.3. The summed E-state index contributed by atoms with van der Waals surface area (Å²) in [7, 11) is 1.70. The molecule has 2 aromatic carbocycles. The van der Waals surface area contributed by atoms with Gasteiger partial charge in [-0.1, -0.05) is 41.9 Å². The van der Waals surface area contributed by atoms with E-state index in [1.54, 1.807) is 7.11 Å². The number of likely N-dealkylation sites (tertiary alicyclic amines) is 1. The second kappa shape index (κ2) is 12.3. The summed E-state index contributed by atoms with van der Waals surface area (Å²) < 4.78 is 5.30.